The van der Waals surface area contributed by atoms with Crippen LogP contribution in [-0.4, -0.2) is 46.2 Å². The van der Waals surface area contributed by atoms with Gasteiger partial charge in [-0.25, -0.2) is 4.90 Å². The van der Waals surface area contributed by atoms with Crippen LogP contribution in [-0.2, 0) is 4.57 Å². The average Bonchev–Trinajstić information content (AvgIpc) is 2.76. The monoisotopic (exact) mass is 331 g/mol. The second-order valence-electron chi connectivity index (χ2n) is 6.71. The molecule has 0 bridgehead atoms. The standard InChI is InChI=1S/C17H34NO3P/c1-5-7-9-16-11-22(21,12-17(16)10-8-6-2)13-18(14(3)19)15(4)20/h14-15,19-20H,5-13H2,1-4H3. The summed E-state index contributed by atoms with van der Waals surface area (Å²) in [6.07, 6.45) is 6.87. The van der Waals surface area contributed by atoms with Crippen LogP contribution in [0.25, 0.3) is 0 Å². The van der Waals surface area contributed by atoms with Crippen molar-refractivity contribution in [2.75, 3.05) is 18.6 Å². The van der Waals surface area contributed by atoms with Crippen molar-refractivity contribution in [3.63, 3.8) is 0 Å². The van der Waals surface area contributed by atoms with Gasteiger partial charge in [-0.2, -0.15) is 0 Å². The van der Waals surface area contributed by atoms with Crippen LogP contribution in [0.15, 0.2) is 11.1 Å². The van der Waals surface area contributed by atoms with E-state index < -0.39 is 19.6 Å². The second kappa shape index (κ2) is 9.22. The van der Waals surface area contributed by atoms with Crippen LogP contribution in [0.5, 0.6) is 0 Å². The Morgan fingerprint density at radius 2 is 1.41 bits per heavy atom. The molecule has 1 heterocycles. The Labute approximate surface area is 136 Å². The molecule has 130 valence electrons. The third-order valence-electron chi connectivity index (χ3n) is 4.50. The molecule has 4 nitrogen and oxygen atoms in total. The topological polar surface area (TPSA) is 60.8 Å². The van der Waals surface area contributed by atoms with E-state index in [1.54, 1.807) is 18.7 Å². The maximum Gasteiger partial charge on any atom is 0.109 e. The third kappa shape index (κ3) is 5.81. The number of aliphatic hydroxyl groups is 2. The number of nitrogens with zero attached hydrogens (tertiary/aromatic N) is 1. The minimum atomic E-state index is -2.39. The molecule has 2 atom stereocenters. The van der Waals surface area contributed by atoms with Gasteiger partial charge in [0.1, 0.15) is 19.6 Å². The van der Waals surface area contributed by atoms with Crippen LogP contribution >= 0.6 is 7.14 Å². The van der Waals surface area contributed by atoms with Crippen LogP contribution in [0, 0.1) is 0 Å². The summed E-state index contributed by atoms with van der Waals surface area (Å²) in [6.45, 7) is 7.61. The lowest BCUT2D eigenvalue weighted by atomic mass is 10.0. The van der Waals surface area contributed by atoms with Gasteiger partial charge in [0, 0.05) is 12.3 Å². The molecule has 0 saturated carbocycles. The summed E-state index contributed by atoms with van der Waals surface area (Å²) in [5.41, 5.74) is 2.80. The summed E-state index contributed by atoms with van der Waals surface area (Å²) in [7, 11) is -2.39. The molecule has 2 unspecified atom stereocenters. The maximum atomic E-state index is 13.3. The number of hydrogen-bond donors (Lipinski definition) is 2. The Balaban J connectivity index is 2.79. The maximum absolute atomic E-state index is 13.3. The van der Waals surface area contributed by atoms with Crippen LogP contribution in [0.3, 0.4) is 0 Å². The molecule has 1 aliphatic heterocycles. The first-order valence-electron chi connectivity index (χ1n) is 8.71. The van der Waals surface area contributed by atoms with Gasteiger partial charge in [0.15, 0.2) is 0 Å². The highest BCUT2D eigenvalue weighted by molar-refractivity contribution is 7.64. The number of hydrogen-bond acceptors (Lipinski definition) is 4. The van der Waals surface area contributed by atoms with E-state index in [1.165, 1.54) is 11.1 Å². The fraction of sp³-hybridized carbons (Fsp3) is 0.882. The van der Waals surface area contributed by atoms with Crippen LogP contribution in [0.1, 0.15) is 66.2 Å². The zero-order valence-electron chi connectivity index (χ0n) is 14.7. The van der Waals surface area contributed by atoms with E-state index in [2.05, 4.69) is 13.8 Å². The molecular formula is C17H34NO3P. The first kappa shape index (κ1) is 19.9. The number of allylic oxidation sites excluding steroid dienone is 2. The van der Waals surface area contributed by atoms with Crippen molar-refractivity contribution in [2.24, 2.45) is 0 Å². The van der Waals surface area contributed by atoms with E-state index in [0.717, 1.165) is 38.5 Å². The molecule has 0 amide bonds. The highest BCUT2D eigenvalue weighted by Gasteiger charge is 2.36. The predicted octanol–water partition coefficient (Wildman–Crippen LogP) is 3.98. The van der Waals surface area contributed by atoms with E-state index in [1.807, 2.05) is 0 Å². The van der Waals surface area contributed by atoms with E-state index >= 15 is 0 Å². The summed E-state index contributed by atoms with van der Waals surface area (Å²) in [6, 6.07) is 0. The van der Waals surface area contributed by atoms with Crippen molar-refractivity contribution >= 4 is 7.14 Å². The molecule has 0 aliphatic carbocycles. The summed E-state index contributed by atoms with van der Waals surface area (Å²) >= 11 is 0. The molecule has 0 radical (unpaired) electrons. The Morgan fingerprint density at radius 3 is 1.73 bits per heavy atom. The molecule has 1 aliphatic rings. The molecular weight excluding hydrogens is 297 g/mol. The van der Waals surface area contributed by atoms with Gasteiger partial charge in [-0.1, -0.05) is 37.8 Å². The van der Waals surface area contributed by atoms with Crippen molar-refractivity contribution in [3.8, 4) is 0 Å². The normalized spacial score (nSPS) is 20.7. The summed E-state index contributed by atoms with van der Waals surface area (Å²) < 4.78 is 13.3. The zero-order valence-corrected chi connectivity index (χ0v) is 15.6. The van der Waals surface area contributed by atoms with Gasteiger partial charge in [0.05, 0.1) is 6.29 Å². The van der Waals surface area contributed by atoms with Gasteiger partial charge in [0.2, 0.25) is 0 Å². The quantitative estimate of drug-likeness (QED) is 0.361. The lowest BCUT2D eigenvalue weighted by Crippen LogP contribution is -2.40. The molecule has 0 aromatic rings. The molecule has 22 heavy (non-hydrogen) atoms. The van der Waals surface area contributed by atoms with Gasteiger partial charge in [-0.3, -0.25) is 0 Å². The van der Waals surface area contributed by atoms with Crippen molar-refractivity contribution < 1.29 is 14.8 Å². The minimum Gasteiger partial charge on any atom is -0.379 e. The predicted molar refractivity (Wildman–Crippen MR) is 93.5 cm³/mol. The summed E-state index contributed by atoms with van der Waals surface area (Å²) in [5, 5.41) is 19.6. The smallest absolute Gasteiger partial charge is 0.109 e. The Hall–Kier alpha value is -0.150. The Bertz CT molecular complexity index is 386. The number of rotatable bonds is 10. The minimum absolute atomic E-state index is 0.313. The highest BCUT2D eigenvalue weighted by atomic mass is 31.2. The fourth-order valence-electron chi connectivity index (χ4n) is 3.21. The third-order valence-corrected chi connectivity index (χ3v) is 7.26. The molecule has 0 fully saturated rings. The van der Waals surface area contributed by atoms with Gasteiger partial charge < -0.3 is 14.8 Å². The first-order chi connectivity index (χ1) is 10.3. The van der Waals surface area contributed by atoms with Crippen molar-refractivity contribution in [2.45, 2.75) is 78.7 Å². The lowest BCUT2D eigenvalue weighted by Gasteiger charge is -2.30. The number of aliphatic hydroxyl groups excluding tert-OH is 2. The van der Waals surface area contributed by atoms with Crippen molar-refractivity contribution in [1.29, 1.82) is 0 Å². The van der Waals surface area contributed by atoms with E-state index in [-0.39, 0.29) is 0 Å². The summed E-state index contributed by atoms with van der Waals surface area (Å²) in [5.74, 6) is 0. The molecule has 0 aromatic carbocycles. The molecule has 2 N–H and O–H groups in total. The van der Waals surface area contributed by atoms with Crippen LogP contribution < -0.4 is 0 Å². The largest absolute Gasteiger partial charge is 0.379 e. The summed E-state index contributed by atoms with van der Waals surface area (Å²) in [4.78, 5) is 1.54. The second-order valence-corrected chi connectivity index (χ2v) is 9.74. The average molecular weight is 331 g/mol. The Morgan fingerprint density at radius 1 is 1.00 bits per heavy atom. The van der Waals surface area contributed by atoms with E-state index in [0.29, 0.717) is 18.6 Å². The highest BCUT2D eigenvalue weighted by Crippen LogP contribution is 2.56. The molecule has 0 spiro atoms. The van der Waals surface area contributed by atoms with Gasteiger partial charge in [-0.05, 0) is 39.5 Å². The van der Waals surface area contributed by atoms with Gasteiger partial charge in [-0.15, -0.1) is 0 Å². The molecule has 0 saturated heterocycles. The van der Waals surface area contributed by atoms with E-state index in [4.69, 9.17) is 0 Å². The zero-order chi connectivity index (χ0) is 16.8. The number of unbranched alkanes of at least 4 members (excludes halogenated alkanes) is 2. The first-order valence-corrected chi connectivity index (χ1v) is 11.0. The van der Waals surface area contributed by atoms with E-state index in [9.17, 15) is 14.8 Å². The SMILES string of the molecule is CCCCC1=C(CCCC)CP(=O)(CN(C(C)O)C(C)O)C1. The van der Waals surface area contributed by atoms with Crippen molar-refractivity contribution in [3.05, 3.63) is 11.1 Å². The van der Waals surface area contributed by atoms with Gasteiger partial charge in [0.25, 0.3) is 0 Å². The Kier molecular flexibility index (Phi) is 8.34. The molecule has 0 aromatic heterocycles. The molecule has 1 rings (SSSR count). The lowest BCUT2D eigenvalue weighted by molar-refractivity contribution is -0.0726. The van der Waals surface area contributed by atoms with Crippen LogP contribution in [0.4, 0.5) is 0 Å². The molecule has 5 heteroatoms. The van der Waals surface area contributed by atoms with Crippen LogP contribution in [0.2, 0.25) is 0 Å². The fourth-order valence-corrected chi connectivity index (χ4v) is 6.75. The van der Waals surface area contributed by atoms with Gasteiger partial charge >= 0.3 is 0 Å². The van der Waals surface area contributed by atoms with Crippen molar-refractivity contribution in [1.82, 2.24) is 4.90 Å².